The smallest absolute Gasteiger partial charge is 0.123 e. The Morgan fingerprint density at radius 2 is 1.41 bits per heavy atom. The van der Waals surface area contributed by atoms with Crippen LogP contribution in [0, 0.1) is 5.82 Å². The summed E-state index contributed by atoms with van der Waals surface area (Å²) in [6.07, 6.45) is -0.869. The molecule has 4 heteroatoms. The molecule has 1 N–H and O–H groups in total. The second-order valence-electron chi connectivity index (χ2n) is 3.66. The van der Waals surface area contributed by atoms with Crippen LogP contribution in [0.1, 0.15) is 17.2 Å². The quantitative estimate of drug-likeness (QED) is 0.867. The Morgan fingerprint density at radius 3 is 1.94 bits per heavy atom. The summed E-state index contributed by atoms with van der Waals surface area (Å²) in [4.78, 5) is 0. The molecule has 0 aliphatic rings. The molecule has 88 valence electrons. The van der Waals surface area contributed by atoms with E-state index in [0.29, 0.717) is 21.2 Å². The Labute approximate surface area is 108 Å². The minimum atomic E-state index is -0.869. The van der Waals surface area contributed by atoms with Crippen LogP contribution in [-0.2, 0) is 0 Å². The average Bonchev–Trinajstić information content (AvgIpc) is 2.28. The van der Waals surface area contributed by atoms with Crippen molar-refractivity contribution in [3.05, 3.63) is 69.5 Å². The van der Waals surface area contributed by atoms with Crippen molar-refractivity contribution in [3.63, 3.8) is 0 Å². The van der Waals surface area contributed by atoms with Crippen molar-refractivity contribution in [1.29, 1.82) is 0 Å². The minimum Gasteiger partial charge on any atom is -0.384 e. The van der Waals surface area contributed by atoms with Gasteiger partial charge in [-0.15, -0.1) is 0 Å². The zero-order chi connectivity index (χ0) is 12.4. The van der Waals surface area contributed by atoms with Gasteiger partial charge in [-0.3, -0.25) is 0 Å². The number of aliphatic hydroxyl groups excluding tert-OH is 1. The van der Waals surface area contributed by atoms with E-state index < -0.39 is 6.10 Å². The molecule has 0 aromatic heterocycles. The first-order chi connectivity index (χ1) is 8.06. The van der Waals surface area contributed by atoms with E-state index in [9.17, 15) is 9.50 Å². The Hall–Kier alpha value is -1.09. The molecule has 0 heterocycles. The van der Waals surface area contributed by atoms with E-state index in [0.717, 1.165) is 0 Å². The summed E-state index contributed by atoms with van der Waals surface area (Å²) in [6, 6.07) is 10.5. The lowest BCUT2D eigenvalue weighted by Gasteiger charge is -2.12. The summed E-state index contributed by atoms with van der Waals surface area (Å²) in [6.45, 7) is 0. The van der Waals surface area contributed by atoms with Gasteiger partial charge >= 0.3 is 0 Å². The van der Waals surface area contributed by atoms with Crippen molar-refractivity contribution >= 4 is 23.2 Å². The molecule has 2 aromatic rings. The molecule has 0 bridgehead atoms. The highest BCUT2D eigenvalue weighted by atomic mass is 35.5. The standard InChI is InChI=1S/C13H9Cl2FO/c14-10-5-9(6-11(15)7-10)13(17)8-1-3-12(16)4-2-8/h1-7,13,17H/t13-/m1/s1. The van der Waals surface area contributed by atoms with Crippen molar-refractivity contribution in [2.75, 3.05) is 0 Å². The molecule has 0 spiro atoms. The molecule has 1 atom stereocenters. The number of aliphatic hydroxyl groups is 1. The maximum atomic E-state index is 12.8. The van der Waals surface area contributed by atoms with E-state index in [2.05, 4.69) is 0 Å². The molecule has 0 aliphatic heterocycles. The third-order valence-corrected chi connectivity index (χ3v) is 2.82. The van der Waals surface area contributed by atoms with Crippen LogP contribution in [-0.4, -0.2) is 5.11 Å². The third-order valence-electron chi connectivity index (χ3n) is 2.39. The van der Waals surface area contributed by atoms with Crippen LogP contribution in [0.3, 0.4) is 0 Å². The predicted octanol–water partition coefficient (Wildman–Crippen LogP) is 4.21. The summed E-state index contributed by atoms with van der Waals surface area (Å²) >= 11 is 11.7. The molecule has 0 radical (unpaired) electrons. The number of rotatable bonds is 2. The van der Waals surface area contributed by atoms with Crippen LogP contribution in [0.4, 0.5) is 4.39 Å². The maximum absolute atomic E-state index is 12.8. The van der Waals surface area contributed by atoms with Crippen LogP contribution < -0.4 is 0 Å². The molecule has 2 aromatic carbocycles. The molecule has 0 fully saturated rings. The zero-order valence-electron chi connectivity index (χ0n) is 8.70. The fourth-order valence-electron chi connectivity index (χ4n) is 1.57. The van der Waals surface area contributed by atoms with Crippen molar-refractivity contribution in [2.24, 2.45) is 0 Å². The fraction of sp³-hybridized carbons (Fsp3) is 0.0769. The van der Waals surface area contributed by atoms with Gasteiger partial charge < -0.3 is 5.11 Å². The summed E-state index contributed by atoms with van der Waals surface area (Å²) in [5, 5.41) is 11.0. The van der Waals surface area contributed by atoms with Crippen LogP contribution in [0.2, 0.25) is 10.0 Å². The first-order valence-electron chi connectivity index (χ1n) is 4.96. The van der Waals surface area contributed by atoms with E-state index in [4.69, 9.17) is 23.2 Å². The van der Waals surface area contributed by atoms with Gasteiger partial charge in [0.2, 0.25) is 0 Å². The number of halogens is 3. The molecular weight excluding hydrogens is 262 g/mol. The highest BCUT2D eigenvalue weighted by Gasteiger charge is 2.11. The highest BCUT2D eigenvalue weighted by molar-refractivity contribution is 6.34. The van der Waals surface area contributed by atoms with E-state index >= 15 is 0 Å². The molecule has 0 saturated carbocycles. The largest absolute Gasteiger partial charge is 0.384 e. The van der Waals surface area contributed by atoms with Gasteiger partial charge in [0.25, 0.3) is 0 Å². The number of hydrogen-bond acceptors (Lipinski definition) is 1. The van der Waals surface area contributed by atoms with Gasteiger partial charge in [-0.1, -0.05) is 35.3 Å². The van der Waals surface area contributed by atoms with E-state index in [-0.39, 0.29) is 5.82 Å². The van der Waals surface area contributed by atoms with E-state index in [1.807, 2.05) is 0 Å². The summed E-state index contributed by atoms with van der Waals surface area (Å²) in [7, 11) is 0. The minimum absolute atomic E-state index is 0.343. The first kappa shape index (κ1) is 12.4. The monoisotopic (exact) mass is 270 g/mol. The molecule has 0 aliphatic carbocycles. The number of benzene rings is 2. The zero-order valence-corrected chi connectivity index (χ0v) is 10.2. The summed E-state index contributed by atoms with van der Waals surface area (Å²) in [5.41, 5.74) is 1.17. The SMILES string of the molecule is O[C@H](c1ccc(F)cc1)c1cc(Cl)cc(Cl)c1. The Bertz CT molecular complexity index is 505. The Morgan fingerprint density at radius 1 is 0.882 bits per heavy atom. The van der Waals surface area contributed by atoms with Gasteiger partial charge in [-0.05, 0) is 41.5 Å². The molecule has 0 amide bonds. The molecule has 1 nitrogen and oxygen atoms in total. The Balaban J connectivity index is 2.36. The first-order valence-corrected chi connectivity index (χ1v) is 5.71. The van der Waals surface area contributed by atoms with E-state index in [1.165, 1.54) is 24.3 Å². The van der Waals surface area contributed by atoms with Gasteiger partial charge in [-0.25, -0.2) is 4.39 Å². The molecule has 2 rings (SSSR count). The van der Waals surface area contributed by atoms with E-state index in [1.54, 1.807) is 18.2 Å². The molecule has 17 heavy (non-hydrogen) atoms. The summed E-state index contributed by atoms with van der Waals surface area (Å²) in [5.74, 6) is -0.343. The molecular formula is C13H9Cl2FO. The van der Waals surface area contributed by atoms with Crippen molar-refractivity contribution in [3.8, 4) is 0 Å². The van der Waals surface area contributed by atoms with Crippen LogP contribution in [0.5, 0.6) is 0 Å². The van der Waals surface area contributed by atoms with Gasteiger partial charge in [0.1, 0.15) is 11.9 Å². The predicted molar refractivity (Wildman–Crippen MR) is 66.9 cm³/mol. The van der Waals surface area contributed by atoms with Gasteiger partial charge in [-0.2, -0.15) is 0 Å². The molecule has 0 saturated heterocycles. The van der Waals surface area contributed by atoms with Crippen molar-refractivity contribution < 1.29 is 9.50 Å². The Kier molecular flexibility index (Phi) is 3.67. The topological polar surface area (TPSA) is 20.2 Å². The lowest BCUT2D eigenvalue weighted by molar-refractivity contribution is 0.220. The van der Waals surface area contributed by atoms with Crippen molar-refractivity contribution in [2.45, 2.75) is 6.10 Å². The van der Waals surface area contributed by atoms with Crippen molar-refractivity contribution in [1.82, 2.24) is 0 Å². The normalized spacial score (nSPS) is 12.5. The fourth-order valence-corrected chi connectivity index (χ4v) is 2.11. The van der Waals surface area contributed by atoms with Gasteiger partial charge in [0, 0.05) is 10.0 Å². The average molecular weight is 271 g/mol. The maximum Gasteiger partial charge on any atom is 0.123 e. The second-order valence-corrected chi connectivity index (χ2v) is 4.53. The summed E-state index contributed by atoms with van der Waals surface area (Å²) < 4.78 is 12.8. The van der Waals surface area contributed by atoms with Crippen LogP contribution in [0.25, 0.3) is 0 Å². The lowest BCUT2D eigenvalue weighted by atomic mass is 10.0. The van der Waals surface area contributed by atoms with Crippen LogP contribution in [0.15, 0.2) is 42.5 Å². The lowest BCUT2D eigenvalue weighted by Crippen LogP contribution is -1.99. The third kappa shape index (κ3) is 2.97. The van der Waals surface area contributed by atoms with Gasteiger partial charge in [0.15, 0.2) is 0 Å². The van der Waals surface area contributed by atoms with Gasteiger partial charge in [0.05, 0.1) is 0 Å². The second kappa shape index (κ2) is 5.05. The highest BCUT2D eigenvalue weighted by Crippen LogP contribution is 2.27. The van der Waals surface area contributed by atoms with Crippen LogP contribution >= 0.6 is 23.2 Å². The molecule has 0 unspecified atom stereocenters. The number of hydrogen-bond donors (Lipinski definition) is 1.